The average molecular weight is 517 g/mol. The summed E-state index contributed by atoms with van der Waals surface area (Å²) < 4.78 is 0. The van der Waals surface area contributed by atoms with Gasteiger partial charge in [-0.3, -0.25) is 0 Å². The van der Waals surface area contributed by atoms with Crippen molar-refractivity contribution in [3.05, 3.63) is 108 Å². The standard InChI is InChI=1S/2C11H16.C10H14.C6H14/c2*1-9(2)10(3)11-7-5-4-6-8-11;1-9(2)8-10-6-4-3-5-7-10;1-5(2)6(3)4/h2*4-10H,1-3H3;3-7,9H,8H2,1-2H3;5-6H,1-4H3/t10-;;;/m1.../s1. The van der Waals surface area contributed by atoms with E-state index in [1.54, 1.807) is 0 Å². The zero-order valence-electron chi connectivity index (χ0n) is 26.9. The number of hydrogen-bond donors (Lipinski definition) is 0. The third-order valence-corrected chi connectivity index (χ3v) is 7.47. The van der Waals surface area contributed by atoms with E-state index in [1.807, 2.05) is 0 Å². The average Bonchev–Trinajstić information content (AvgIpc) is 2.90. The molecule has 3 aromatic rings. The van der Waals surface area contributed by atoms with E-state index in [9.17, 15) is 0 Å². The lowest BCUT2D eigenvalue weighted by Crippen LogP contribution is -2.00. The Morgan fingerprint density at radius 1 is 0.368 bits per heavy atom. The summed E-state index contributed by atoms with van der Waals surface area (Å²) in [7, 11) is 0. The first-order valence-electron chi connectivity index (χ1n) is 15.0. The van der Waals surface area contributed by atoms with Crippen molar-refractivity contribution in [2.75, 3.05) is 0 Å². The maximum atomic E-state index is 2.28. The molecule has 0 heterocycles. The molecule has 0 saturated heterocycles. The van der Waals surface area contributed by atoms with Crippen LogP contribution in [0.5, 0.6) is 0 Å². The van der Waals surface area contributed by atoms with Crippen LogP contribution >= 0.6 is 0 Å². The Balaban J connectivity index is 0.000000491. The second-order valence-electron chi connectivity index (χ2n) is 12.5. The van der Waals surface area contributed by atoms with Crippen LogP contribution in [0.3, 0.4) is 0 Å². The van der Waals surface area contributed by atoms with Crippen LogP contribution in [0.25, 0.3) is 0 Å². The minimum atomic E-state index is 0.677. The van der Waals surface area contributed by atoms with Gasteiger partial charge < -0.3 is 0 Å². The zero-order chi connectivity index (χ0) is 29.1. The molecule has 0 spiro atoms. The van der Waals surface area contributed by atoms with Crippen LogP contribution < -0.4 is 0 Å². The summed E-state index contributed by atoms with van der Waals surface area (Å²) in [6.07, 6.45) is 1.20. The van der Waals surface area contributed by atoms with Gasteiger partial charge in [0.25, 0.3) is 0 Å². The van der Waals surface area contributed by atoms with Crippen LogP contribution in [0.1, 0.15) is 112 Å². The van der Waals surface area contributed by atoms with Crippen molar-refractivity contribution in [3.63, 3.8) is 0 Å². The Labute approximate surface area is 238 Å². The van der Waals surface area contributed by atoms with Crippen LogP contribution in [0.4, 0.5) is 0 Å². The van der Waals surface area contributed by atoms with E-state index in [2.05, 4.69) is 174 Å². The molecule has 0 radical (unpaired) electrons. The maximum Gasteiger partial charge on any atom is -0.0167 e. The van der Waals surface area contributed by atoms with Crippen LogP contribution in [-0.2, 0) is 6.42 Å². The normalized spacial score (nSPS) is 12.2. The van der Waals surface area contributed by atoms with Crippen molar-refractivity contribution >= 4 is 0 Å². The minimum Gasteiger partial charge on any atom is -0.0625 e. The monoisotopic (exact) mass is 516 g/mol. The predicted octanol–water partition coefficient (Wildman–Crippen LogP) is 12.1. The highest BCUT2D eigenvalue weighted by Gasteiger charge is 2.08. The topological polar surface area (TPSA) is 0 Å². The molecular formula is C38H60. The number of rotatable bonds is 7. The first kappa shape index (κ1) is 35.7. The fourth-order valence-corrected chi connectivity index (χ4v) is 3.37. The molecule has 2 atom stereocenters. The summed E-state index contributed by atoms with van der Waals surface area (Å²) in [4.78, 5) is 0. The summed E-state index contributed by atoms with van der Waals surface area (Å²) >= 11 is 0. The van der Waals surface area contributed by atoms with Crippen molar-refractivity contribution in [1.29, 1.82) is 0 Å². The SMILES string of the molecule is CC(C)C(C)C.CC(C)C(C)c1ccccc1.CC(C)Cc1ccccc1.CC(C)[C@@H](C)c1ccccc1. The lowest BCUT2D eigenvalue weighted by atomic mass is 9.91. The molecule has 212 valence electrons. The van der Waals surface area contributed by atoms with E-state index in [1.165, 1.54) is 23.1 Å². The first-order chi connectivity index (χ1) is 17.9. The molecule has 0 bridgehead atoms. The van der Waals surface area contributed by atoms with Crippen molar-refractivity contribution in [3.8, 4) is 0 Å². The van der Waals surface area contributed by atoms with Gasteiger partial charge in [0, 0.05) is 0 Å². The van der Waals surface area contributed by atoms with Crippen molar-refractivity contribution in [1.82, 2.24) is 0 Å². The molecule has 0 saturated carbocycles. The van der Waals surface area contributed by atoms with Gasteiger partial charge in [-0.25, -0.2) is 0 Å². The van der Waals surface area contributed by atoms with E-state index in [4.69, 9.17) is 0 Å². The second-order valence-corrected chi connectivity index (χ2v) is 12.5. The van der Waals surface area contributed by atoms with E-state index in [-0.39, 0.29) is 0 Å². The van der Waals surface area contributed by atoms with Gasteiger partial charge in [-0.2, -0.15) is 0 Å². The van der Waals surface area contributed by atoms with Crippen molar-refractivity contribution in [2.24, 2.45) is 29.6 Å². The van der Waals surface area contributed by atoms with E-state index in [0.29, 0.717) is 11.8 Å². The molecule has 0 aliphatic heterocycles. The third kappa shape index (κ3) is 17.2. The Morgan fingerprint density at radius 2 is 0.658 bits per heavy atom. The summed E-state index contributed by atoms with van der Waals surface area (Å²) in [5.41, 5.74) is 4.34. The van der Waals surface area contributed by atoms with Gasteiger partial charge in [-0.05, 0) is 64.5 Å². The molecule has 0 amide bonds. The maximum absolute atomic E-state index is 2.28. The predicted molar refractivity (Wildman–Crippen MR) is 174 cm³/mol. The Kier molecular flexibility index (Phi) is 19.3. The Bertz CT molecular complexity index is 833. The lowest BCUT2D eigenvalue weighted by molar-refractivity contribution is 0.457. The zero-order valence-corrected chi connectivity index (χ0v) is 26.9. The van der Waals surface area contributed by atoms with E-state index in [0.717, 1.165) is 29.6 Å². The molecule has 0 fully saturated rings. The van der Waals surface area contributed by atoms with Gasteiger partial charge in [-0.1, -0.05) is 174 Å². The molecule has 0 aromatic heterocycles. The van der Waals surface area contributed by atoms with Crippen molar-refractivity contribution in [2.45, 2.75) is 101 Å². The summed E-state index contributed by atoms with van der Waals surface area (Å²) in [5, 5.41) is 0. The van der Waals surface area contributed by atoms with Crippen molar-refractivity contribution < 1.29 is 0 Å². The molecule has 0 nitrogen and oxygen atoms in total. The molecule has 0 aliphatic rings. The van der Waals surface area contributed by atoms with Crippen LogP contribution in [-0.4, -0.2) is 0 Å². The van der Waals surface area contributed by atoms with E-state index >= 15 is 0 Å². The first-order valence-corrected chi connectivity index (χ1v) is 15.0. The van der Waals surface area contributed by atoms with Gasteiger partial charge in [-0.15, -0.1) is 0 Å². The smallest absolute Gasteiger partial charge is 0.0167 e. The summed E-state index contributed by atoms with van der Waals surface area (Å²) in [6.45, 7) is 27.1. The van der Waals surface area contributed by atoms with Gasteiger partial charge in [0.2, 0.25) is 0 Å². The molecule has 1 unspecified atom stereocenters. The van der Waals surface area contributed by atoms with Gasteiger partial charge >= 0.3 is 0 Å². The molecule has 3 aromatic carbocycles. The fraction of sp³-hybridized carbons (Fsp3) is 0.526. The molecular weight excluding hydrogens is 456 g/mol. The summed E-state index contributed by atoms with van der Waals surface area (Å²) in [6, 6.07) is 32.0. The highest BCUT2D eigenvalue weighted by molar-refractivity contribution is 5.20. The molecule has 0 heteroatoms. The highest BCUT2D eigenvalue weighted by atomic mass is 14.1. The van der Waals surface area contributed by atoms with Gasteiger partial charge in [0.05, 0.1) is 0 Å². The van der Waals surface area contributed by atoms with Gasteiger partial charge in [0.15, 0.2) is 0 Å². The van der Waals surface area contributed by atoms with Crippen LogP contribution in [0.2, 0.25) is 0 Å². The Hall–Kier alpha value is -2.34. The molecule has 3 rings (SSSR count). The second kappa shape index (κ2) is 20.6. The molecule has 38 heavy (non-hydrogen) atoms. The molecule has 0 N–H and O–H groups in total. The fourth-order valence-electron chi connectivity index (χ4n) is 3.37. The number of hydrogen-bond acceptors (Lipinski definition) is 0. The quantitative estimate of drug-likeness (QED) is 0.293. The van der Waals surface area contributed by atoms with Crippen LogP contribution in [0, 0.1) is 29.6 Å². The molecule has 0 aliphatic carbocycles. The van der Waals surface area contributed by atoms with Gasteiger partial charge in [0.1, 0.15) is 0 Å². The number of benzene rings is 3. The van der Waals surface area contributed by atoms with E-state index < -0.39 is 0 Å². The largest absolute Gasteiger partial charge is 0.0625 e. The third-order valence-electron chi connectivity index (χ3n) is 7.47. The summed E-state index contributed by atoms with van der Waals surface area (Å²) in [5.74, 6) is 5.29. The Morgan fingerprint density at radius 3 is 0.895 bits per heavy atom. The lowest BCUT2D eigenvalue weighted by Gasteiger charge is -2.15. The minimum absolute atomic E-state index is 0.677. The highest BCUT2D eigenvalue weighted by Crippen LogP contribution is 2.23. The van der Waals surface area contributed by atoms with Crippen LogP contribution in [0.15, 0.2) is 91.0 Å².